The van der Waals surface area contributed by atoms with Gasteiger partial charge >= 0.3 is 0 Å². The molecule has 0 aromatic carbocycles. The molecular weight excluding hydrogens is 200 g/mol. The Morgan fingerprint density at radius 1 is 1.43 bits per heavy atom. The van der Waals surface area contributed by atoms with Crippen LogP contribution in [0, 0.1) is 11.8 Å². The van der Waals surface area contributed by atoms with Crippen LogP contribution in [0.1, 0.15) is 20.3 Å². The quantitative estimate of drug-likeness (QED) is 0.709. The number of piperazine rings is 1. The van der Waals surface area contributed by atoms with Gasteiger partial charge in [0.2, 0.25) is 5.91 Å². The van der Waals surface area contributed by atoms with E-state index >= 15 is 0 Å². The van der Waals surface area contributed by atoms with Gasteiger partial charge in [-0.05, 0) is 19.3 Å². The first-order valence-corrected chi connectivity index (χ1v) is 5.21. The summed E-state index contributed by atoms with van der Waals surface area (Å²) < 4.78 is 0. The molecule has 3 atom stereocenters. The Morgan fingerprint density at radius 2 is 2.07 bits per heavy atom. The molecule has 1 aliphatic heterocycles. The number of nitrogens with zero attached hydrogens (tertiary/aromatic N) is 1. The molecule has 0 aromatic rings. The van der Waals surface area contributed by atoms with Gasteiger partial charge in [0.1, 0.15) is 0 Å². The first-order valence-electron chi connectivity index (χ1n) is 5.21. The van der Waals surface area contributed by atoms with Crippen LogP contribution in [-0.2, 0) is 4.79 Å². The molecule has 0 spiro atoms. The minimum Gasteiger partial charge on any atom is -0.337 e. The zero-order valence-corrected chi connectivity index (χ0v) is 9.64. The van der Waals surface area contributed by atoms with Crippen LogP contribution in [-0.4, -0.2) is 36.5 Å². The van der Waals surface area contributed by atoms with E-state index in [4.69, 9.17) is 0 Å². The van der Waals surface area contributed by atoms with Gasteiger partial charge in [0.15, 0.2) is 0 Å². The summed E-state index contributed by atoms with van der Waals surface area (Å²) in [7, 11) is 0. The van der Waals surface area contributed by atoms with Gasteiger partial charge in [0.25, 0.3) is 0 Å². The highest BCUT2D eigenvalue weighted by Crippen LogP contribution is 2.39. The van der Waals surface area contributed by atoms with Gasteiger partial charge in [0.05, 0.1) is 0 Å². The standard InChI is InChI=1S/C10H18N2O.ClH/c1-7-5-9(7)10(13)12-4-3-11-6-8(12)2;/h7-9,11H,3-6H2,1-2H3;1H/t7-,8?,9-;/m1./s1. The summed E-state index contributed by atoms with van der Waals surface area (Å²) in [5.74, 6) is 1.37. The van der Waals surface area contributed by atoms with Gasteiger partial charge in [-0.3, -0.25) is 4.79 Å². The molecule has 4 heteroatoms. The van der Waals surface area contributed by atoms with Crippen molar-refractivity contribution in [3.05, 3.63) is 0 Å². The molecule has 1 saturated carbocycles. The summed E-state index contributed by atoms with van der Waals surface area (Å²) in [6, 6.07) is 0.383. The predicted molar refractivity (Wildman–Crippen MR) is 58.6 cm³/mol. The Bertz CT molecular complexity index is 222. The van der Waals surface area contributed by atoms with E-state index in [2.05, 4.69) is 19.2 Å². The summed E-state index contributed by atoms with van der Waals surface area (Å²) in [5.41, 5.74) is 0. The van der Waals surface area contributed by atoms with Crippen LogP contribution in [0.25, 0.3) is 0 Å². The molecule has 1 amide bonds. The first kappa shape index (κ1) is 11.8. The van der Waals surface area contributed by atoms with E-state index in [9.17, 15) is 4.79 Å². The maximum atomic E-state index is 11.9. The zero-order valence-electron chi connectivity index (χ0n) is 8.82. The van der Waals surface area contributed by atoms with Crippen molar-refractivity contribution in [2.75, 3.05) is 19.6 Å². The van der Waals surface area contributed by atoms with Crippen LogP contribution in [0.5, 0.6) is 0 Å². The fourth-order valence-corrected chi connectivity index (χ4v) is 2.05. The average molecular weight is 219 g/mol. The van der Waals surface area contributed by atoms with Gasteiger partial charge in [-0.1, -0.05) is 6.92 Å². The minimum absolute atomic E-state index is 0. The number of hydrogen-bond donors (Lipinski definition) is 1. The highest BCUT2D eigenvalue weighted by molar-refractivity contribution is 5.85. The Hall–Kier alpha value is -0.280. The van der Waals surface area contributed by atoms with Gasteiger partial charge in [-0.15, -0.1) is 12.4 Å². The monoisotopic (exact) mass is 218 g/mol. The molecule has 1 aliphatic carbocycles. The molecular formula is C10H19ClN2O. The fourth-order valence-electron chi connectivity index (χ4n) is 2.05. The highest BCUT2D eigenvalue weighted by atomic mass is 35.5. The van der Waals surface area contributed by atoms with Crippen molar-refractivity contribution in [3.63, 3.8) is 0 Å². The summed E-state index contributed by atoms with van der Waals surface area (Å²) in [6.45, 7) is 7.08. The second-order valence-corrected chi connectivity index (χ2v) is 4.40. The van der Waals surface area contributed by atoms with Crippen molar-refractivity contribution in [3.8, 4) is 0 Å². The normalized spacial score (nSPS) is 36.1. The molecule has 14 heavy (non-hydrogen) atoms. The summed E-state index contributed by atoms with van der Waals surface area (Å²) in [5, 5.41) is 3.30. The topological polar surface area (TPSA) is 32.3 Å². The van der Waals surface area contributed by atoms with Crippen LogP contribution < -0.4 is 5.32 Å². The largest absolute Gasteiger partial charge is 0.337 e. The van der Waals surface area contributed by atoms with Crippen LogP contribution in [0.2, 0.25) is 0 Å². The molecule has 1 N–H and O–H groups in total. The number of carbonyl (C=O) groups excluding carboxylic acids is 1. The molecule has 1 saturated heterocycles. The van der Waals surface area contributed by atoms with Crippen LogP contribution in [0.15, 0.2) is 0 Å². The third kappa shape index (κ3) is 2.20. The second kappa shape index (κ2) is 4.49. The lowest BCUT2D eigenvalue weighted by atomic mass is 10.2. The molecule has 3 nitrogen and oxygen atoms in total. The molecule has 0 aromatic heterocycles. The van der Waals surface area contributed by atoms with E-state index in [-0.39, 0.29) is 12.4 Å². The maximum Gasteiger partial charge on any atom is 0.226 e. The van der Waals surface area contributed by atoms with Gasteiger partial charge < -0.3 is 10.2 Å². The van der Waals surface area contributed by atoms with Gasteiger partial charge in [0, 0.05) is 31.6 Å². The predicted octanol–water partition coefficient (Wildman–Crippen LogP) is 0.884. The lowest BCUT2D eigenvalue weighted by Gasteiger charge is -2.34. The van der Waals surface area contributed by atoms with Crippen LogP contribution in [0.3, 0.4) is 0 Å². The fraction of sp³-hybridized carbons (Fsp3) is 0.900. The van der Waals surface area contributed by atoms with E-state index < -0.39 is 0 Å². The van der Waals surface area contributed by atoms with E-state index in [1.807, 2.05) is 4.90 Å². The number of rotatable bonds is 1. The Balaban J connectivity index is 0.000000980. The van der Waals surface area contributed by atoms with Crippen molar-refractivity contribution in [1.82, 2.24) is 10.2 Å². The number of halogens is 1. The molecule has 2 fully saturated rings. The van der Waals surface area contributed by atoms with Crippen molar-refractivity contribution in [1.29, 1.82) is 0 Å². The summed E-state index contributed by atoms with van der Waals surface area (Å²) in [4.78, 5) is 13.9. The van der Waals surface area contributed by atoms with Crippen molar-refractivity contribution < 1.29 is 4.79 Å². The molecule has 82 valence electrons. The molecule has 2 aliphatic rings. The number of carbonyl (C=O) groups is 1. The zero-order chi connectivity index (χ0) is 9.42. The van der Waals surface area contributed by atoms with Gasteiger partial charge in [-0.25, -0.2) is 0 Å². The van der Waals surface area contributed by atoms with E-state index in [1.54, 1.807) is 0 Å². The van der Waals surface area contributed by atoms with Gasteiger partial charge in [-0.2, -0.15) is 0 Å². The molecule has 1 unspecified atom stereocenters. The number of hydrogen-bond acceptors (Lipinski definition) is 2. The van der Waals surface area contributed by atoms with E-state index in [1.165, 1.54) is 0 Å². The molecule has 1 heterocycles. The number of nitrogens with one attached hydrogen (secondary N) is 1. The molecule has 0 bridgehead atoms. The third-order valence-corrected chi connectivity index (χ3v) is 3.21. The van der Waals surface area contributed by atoms with Crippen LogP contribution >= 0.6 is 12.4 Å². The Labute approximate surface area is 91.6 Å². The van der Waals surface area contributed by atoms with Crippen LogP contribution in [0.4, 0.5) is 0 Å². The maximum absolute atomic E-state index is 11.9. The molecule has 0 radical (unpaired) electrons. The highest BCUT2D eigenvalue weighted by Gasteiger charge is 2.42. The average Bonchev–Trinajstić information content (AvgIpc) is 2.82. The Morgan fingerprint density at radius 3 is 2.57 bits per heavy atom. The van der Waals surface area contributed by atoms with Crippen molar-refractivity contribution >= 4 is 18.3 Å². The lowest BCUT2D eigenvalue weighted by molar-refractivity contribution is -0.135. The van der Waals surface area contributed by atoms with E-state index in [0.717, 1.165) is 26.1 Å². The smallest absolute Gasteiger partial charge is 0.226 e. The number of amides is 1. The lowest BCUT2D eigenvalue weighted by Crippen LogP contribution is -2.52. The van der Waals surface area contributed by atoms with E-state index in [0.29, 0.717) is 23.8 Å². The SMILES string of the molecule is CC1CNCCN1C(=O)[C@@H]1C[C@H]1C.Cl. The second-order valence-electron chi connectivity index (χ2n) is 4.40. The van der Waals surface area contributed by atoms with Crippen molar-refractivity contribution in [2.45, 2.75) is 26.3 Å². The Kier molecular flexibility index (Phi) is 3.78. The molecule has 2 rings (SSSR count). The third-order valence-electron chi connectivity index (χ3n) is 3.21. The first-order chi connectivity index (χ1) is 6.20. The summed E-state index contributed by atoms with van der Waals surface area (Å²) in [6.07, 6.45) is 1.11. The minimum atomic E-state index is 0. The van der Waals surface area contributed by atoms with Crippen molar-refractivity contribution in [2.24, 2.45) is 11.8 Å². The summed E-state index contributed by atoms with van der Waals surface area (Å²) >= 11 is 0.